The summed E-state index contributed by atoms with van der Waals surface area (Å²) >= 11 is 0. The molecule has 0 radical (unpaired) electrons. The second-order valence-electron chi connectivity index (χ2n) is 14.3. The number of benzene rings is 4. The van der Waals surface area contributed by atoms with Gasteiger partial charge < -0.3 is 0 Å². The predicted octanol–water partition coefficient (Wildman–Crippen LogP) is 10.9. The zero-order valence-electron chi connectivity index (χ0n) is 28.8. The number of carbonyl (C=O) groups excluding carboxylic acids is 3. The van der Waals surface area contributed by atoms with E-state index in [9.17, 15) is 14.4 Å². The highest BCUT2D eigenvalue weighted by Gasteiger charge is 2.27. The number of hydrogen-bond donors (Lipinski definition) is 0. The molecule has 0 N–H and O–H groups in total. The Kier molecular flexibility index (Phi) is 11.2. The first-order chi connectivity index (χ1) is 23.4. The third-order valence-corrected chi connectivity index (χ3v) is 11.2. The van der Waals surface area contributed by atoms with Crippen LogP contribution in [0, 0.1) is 11.8 Å². The van der Waals surface area contributed by atoms with Crippen LogP contribution in [0.2, 0.25) is 0 Å². The van der Waals surface area contributed by atoms with Crippen molar-refractivity contribution >= 4 is 17.3 Å². The minimum atomic E-state index is 0.218. The Morgan fingerprint density at radius 1 is 0.438 bits per heavy atom. The fraction of sp³-hybridized carbons (Fsp3) is 0.400. The first-order valence-electron chi connectivity index (χ1n) is 18.4. The monoisotopic (exact) mass is 638 g/mol. The Labute approximate surface area is 287 Å². The molecular formula is C45H50O3. The van der Waals surface area contributed by atoms with E-state index >= 15 is 0 Å². The molecule has 2 aliphatic rings. The lowest BCUT2D eigenvalue weighted by molar-refractivity contribution is -0.124. The normalized spacial score (nSPS) is 21.0. The molecule has 2 aliphatic carbocycles. The molecule has 0 bridgehead atoms. The molecule has 0 aromatic heterocycles. The topological polar surface area (TPSA) is 51.2 Å². The Bertz CT molecular complexity index is 1540. The van der Waals surface area contributed by atoms with Crippen LogP contribution < -0.4 is 0 Å². The van der Waals surface area contributed by atoms with Gasteiger partial charge in [-0.1, -0.05) is 111 Å². The van der Waals surface area contributed by atoms with Gasteiger partial charge in [-0.05, 0) is 108 Å². The molecule has 3 nitrogen and oxygen atoms in total. The quantitative estimate of drug-likeness (QED) is 0.155. The number of ketones is 3. The molecule has 0 saturated heterocycles. The second-order valence-corrected chi connectivity index (χ2v) is 14.3. The summed E-state index contributed by atoms with van der Waals surface area (Å²) in [5.74, 6) is 2.72. The van der Waals surface area contributed by atoms with Gasteiger partial charge >= 0.3 is 0 Å². The Morgan fingerprint density at radius 3 is 1.02 bits per heavy atom. The first-order valence-corrected chi connectivity index (χ1v) is 18.4. The Balaban J connectivity index is 0.974. The Morgan fingerprint density at radius 2 is 0.729 bits per heavy atom. The molecule has 4 aromatic rings. The van der Waals surface area contributed by atoms with Crippen molar-refractivity contribution in [1.29, 1.82) is 0 Å². The summed E-state index contributed by atoms with van der Waals surface area (Å²) < 4.78 is 0. The van der Waals surface area contributed by atoms with Gasteiger partial charge in [0.05, 0.1) is 0 Å². The molecule has 48 heavy (non-hydrogen) atoms. The molecule has 0 aliphatic heterocycles. The molecule has 2 saturated carbocycles. The number of rotatable bonds is 12. The van der Waals surface area contributed by atoms with Crippen LogP contribution in [-0.2, 0) is 27.2 Å². The number of carbonyl (C=O) groups is 3. The smallest absolute Gasteiger partial charge is 0.141 e. The van der Waals surface area contributed by atoms with Gasteiger partial charge in [-0.3, -0.25) is 14.4 Å². The van der Waals surface area contributed by atoms with Gasteiger partial charge in [0.1, 0.15) is 17.3 Å². The van der Waals surface area contributed by atoms with E-state index in [0.717, 1.165) is 73.6 Å². The standard InChI is InChI=1S/C45H50O3/c1-3-44(47)41-25-21-39(22-26-41)37-17-13-35(14-18-37)33-9-5-31(6-10-33)29-43(46)30-32-7-11-34(12-8-32)36-15-19-38(20-16-36)40-23-27-42(28-24-40)45(48)4-2/h5-20,39-42H,3-4,21-30H2,1-2H3. The van der Waals surface area contributed by atoms with Gasteiger partial charge in [-0.25, -0.2) is 0 Å². The van der Waals surface area contributed by atoms with Gasteiger partial charge in [0.15, 0.2) is 0 Å². The summed E-state index contributed by atoms with van der Waals surface area (Å²) in [6.45, 7) is 3.95. The van der Waals surface area contributed by atoms with Crippen LogP contribution >= 0.6 is 0 Å². The summed E-state index contributed by atoms with van der Waals surface area (Å²) in [4.78, 5) is 37.1. The minimum absolute atomic E-state index is 0.218. The largest absolute Gasteiger partial charge is 0.299 e. The van der Waals surface area contributed by atoms with Crippen molar-refractivity contribution in [3.05, 3.63) is 119 Å². The molecule has 0 atom stereocenters. The highest BCUT2D eigenvalue weighted by Crippen LogP contribution is 2.38. The summed E-state index contributed by atoms with van der Waals surface area (Å²) in [6, 6.07) is 34.7. The van der Waals surface area contributed by atoms with Crippen LogP contribution in [0.4, 0.5) is 0 Å². The van der Waals surface area contributed by atoms with E-state index in [2.05, 4.69) is 97.1 Å². The molecule has 0 unspecified atom stereocenters. The van der Waals surface area contributed by atoms with Crippen molar-refractivity contribution < 1.29 is 14.4 Å². The highest BCUT2D eigenvalue weighted by molar-refractivity contribution is 5.83. The van der Waals surface area contributed by atoms with Gasteiger partial charge in [0.25, 0.3) is 0 Å². The summed E-state index contributed by atoms with van der Waals surface area (Å²) in [6.07, 6.45) is 10.7. The van der Waals surface area contributed by atoms with Crippen LogP contribution in [0.3, 0.4) is 0 Å². The molecule has 2 fully saturated rings. The highest BCUT2D eigenvalue weighted by atomic mass is 16.1. The van der Waals surface area contributed by atoms with Crippen LogP contribution in [0.5, 0.6) is 0 Å². The maximum Gasteiger partial charge on any atom is 0.141 e. The predicted molar refractivity (Wildman–Crippen MR) is 196 cm³/mol. The van der Waals surface area contributed by atoms with Crippen LogP contribution in [0.25, 0.3) is 22.3 Å². The number of hydrogen-bond acceptors (Lipinski definition) is 3. The molecule has 0 heterocycles. The third-order valence-electron chi connectivity index (χ3n) is 11.2. The molecule has 4 aromatic carbocycles. The molecule has 248 valence electrons. The fourth-order valence-corrected chi connectivity index (χ4v) is 8.12. The SMILES string of the molecule is CCC(=O)C1CCC(c2ccc(-c3ccc(CC(=O)Cc4ccc(-c5ccc(C6CCC(C(=O)CC)CC6)cc5)cc4)cc3)cc2)CC1. The van der Waals surface area contributed by atoms with Gasteiger partial charge in [0, 0.05) is 37.5 Å². The van der Waals surface area contributed by atoms with E-state index in [1.807, 2.05) is 13.8 Å². The minimum Gasteiger partial charge on any atom is -0.299 e. The van der Waals surface area contributed by atoms with Gasteiger partial charge in [0.2, 0.25) is 0 Å². The average Bonchev–Trinajstić information content (AvgIpc) is 3.15. The Hall–Kier alpha value is -4.11. The summed E-state index contributed by atoms with van der Waals surface area (Å²) in [5, 5.41) is 0. The van der Waals surface area contributed by atoms with Crippen molar-refractivity contribution in [2.75, 3.05) is 0 Å². The van der Waals surface area contributed by atoms with Gasteiger partial charge in [-0.2, -0.15) is 0 Å². The lowest BCUT2D eigenvalue weighted by Crippen LogP contribution is -2.20. The van der Waals surface area contributed by atoms with Crippen molar-refractivity contribution in [1.82, 2.24) is 0 Å². The molecule has 3 heteroatoms. The van der Waals surface area contributed by atoms with E-state index in [1.165, 1.54) is 22.3 Å². The number of Topliss-reactive ketones (excluding diaryl/α,β-unsaturated/α-hetero) is 3. The second kappa shape index (κ2) is 15.9. The van der Waals surface area contributed by atoms with Crippen molar-refractivity contribution in [2.45, 2.75) is 103 Å². The average molecular weight is 639 g/mol. The zero-order chi connectivity index (χ0) is 33.5. The van der Waals surface area contributed by atoms with Crippen molar-refractivity contribution in [3.8, 4) is 22.3 Å². The summed E-state index contributed by atoms with van der Waals surface area (Å²) in [5.41, 5.74) is 9.54. The van der Waals surface area contributed by atoms with Crippen LogP contribution in [-0.4, -0.2) is 17.3 Å². The molecular weight excluding hydrogens is 588 g/mol. The maximum absolute atomic E-state index is 13.0. The lowest BCUT2D eigenvalue weighted by atomic mass is 9.76. The van der Waals surface area contributed by atoms with E-state index in [-0.39, 0.29) is 17.6 Å². The third kappa shape index (κ3) is 8.29. The van der Waals surface area contributed by atoms with E-state index in [4.69, 9.17) is 0 Å². The van der Waals surface area contributed by atoms with Crippen molar-refractivity contribution in [3.63, 3.8) is 0 Å². The maximum atomic E-state index is 13.0. The van der Waals surface area contributed by atoms with E-state index in [1.54, 1.807) is 0 Å². The van der Waals surface area contributed by atoms with E-state index < -0.39 is 0 Å². The van der Waals surface area contributed by atoms with Crippen molar-refractivity contribution in [2.24, 2.45) is 11.8 Å². The van der Waals surface area contributed by atoms with Crippen LogP contribution in [0.1, 0.15) is 112 Å². The summed E-state index contributed by atoms with van der Waals surface area (Å²) in [7, 11) is 0. The van der Waals surface area contributed by atoms with Crippen LogP contribution in [0.15, 0.2) is 97.1 Å². The van der Waals surface area contributed by atoms with Gasteiger partial charge in [-0.15, -0.1) is 0 Å². The van der Waals surface area contributed by atoms with E-state index in [0.29, 0.717) is 49.1 Å². The fourth-order valence-electron chi connectivity index (χ4n) is 8.12. The molecule has 0 spiro atoms. The lowest BCUT2D eigenvalue weighted by Gasteiger charge is -2.28. The molecule has 6 rings (SSSR count). The zero-order valence-corrected chi connectivity index (χ0v) is 28.8. The molecule has 0 amide bonds. The first kappa shape index (κ1) is 33.8.